The van der Waals surface area contributed by atoms with Crippen molar-refractivity contribution in [2.75, 3.05) is 12.4 Å². The molecule has 0 aliphatic heterocycles. The Morgan fingerprint density at radius 3 is 2.58 bits per heavy atom. The molecule has 0 bridgehead atoms. The van der Waals surface area contributed by atoms with Crippen LogP contribution < -0.4 is 4.74 Å². The number of hydrogen-bond donors (Lipinski definition) is 0. The monoisotopic (exact) mass is 278 g/mol. The van der Waals surface area contributed by atoms with Crippen LogP contribution in [0, 0.1) is 0 Å². The van der Waals surface area contributed by atoms with Crippen molar-refractivity contribution in [2.24, 2.45) is 0 Å². The van der Waals surface area contributed by atoms with Crippen molar-refractivity contribution in [1.29, 1.82) is 0 Å². The summed E-state index contributed by atoms with van der Waals surface area (Å²) in [6.45, 7) is 2.81. The number of thioether (sulfide) groups is 1. The van der Waals surface area contributed by atoms with E-state index in [9.17, 15) is 4.79 Å². The topological polar surface area (TPSA) is 26.3 Å². The zero-order valence-corrected chi connectivity index (χ0v) is 12.4. The molecular formula is C16H22O2S. The van der Waals surface area contributed by atoms with E-state index < -0.39 is 0 Å². The van der Waals surface area contributed by atoms with Gasteiger partial charge in [0.2, 0.25) is 0 Å². The van der Waals surface area contributed by atoms with Crippen LogP contribution in [0.15, 0.2) is 24.3 Å². The lowest BCUT2D eigenvalue weighted by Gasteiger charge is -2.08. The average molecular weight is 278 g/mol. The van der Waals surface area contributed by atoms with Crippen LogP contribution in [0.1, 0.15) is 49.4 Å². The first-order valence-electron chi connectivity index (χ1n) is 7.17. The lowest BCUT2D eigenvalue weighted by Crippen LogP contribution is -2.06. The highest BCUT2D eigenvalue weighted by molar-refractivity contribution is 8.00. The van der Waals surface area contributed by atoms with Crippen LogP contribution >= 0.6 is 11.8 Å². The van der Waals surface area contributed by atoms with Crippen LogP contribution in [0.4, 0.5) is 0 Å². The molecule has 0 spiro atoms. The van der Waals surface area contributed by atoms with E-state index in [2.05, 4.69) is 6.92 Å². The van der Waals surface area contributed by atoms with Gasteiger partial charge in [-0.15, -0.1) is 0 Å². The van der Waals surface area contributed by atoms with Crippen molar-refractivity contribution in [3.63, 3.8) is 0 Å². The van der Waals surface area contributed by atoms with Crippen molar-refractivity contribution >= 4 is 17.5 Å². The van der Waals surface area contributed by atoms with E-state index in [1.54, 1.807) is 0 Å². The largest absolute Gasteiger partial charge is 0.494 e. The van der Waals surface area contributed by atoms with Gasteiger partial charge in [0.15, 0.2) is 5.78 Å². The van der Waals surface area contributed by atoms with Gasteiger partial charge in [-0.1, -0.05) is 19.8 Å². The third-order valence-corrected chi connectivity index (χ3v) is 4.77. The van der Waals surface area contributed by atoms with Crippen LogP contribution in [0.5, 0.6) is 5.75 Å². The molecule has 1 saturated carbocycles. The Morgan fingerprint density at radius 2 is 1.95 bits per heavy atom. The molecule has 0 atom stereocenters. The van der Waals surface area contributed by atoms with Crippen molar-refractivity contribution in [1.82, 2.24) is 0 Å². The summed E-state index contributed by atoms with van der Waals surface area (Å²) < 4.78 is 5.51. The molecular weight excluding hydrogens is 256 g/mol. The number of ether oxygens (including phenoxy) is 1. The second-order valence-corrected chi connectivity index (χ2v) is 6.30. The Labute approximate surface area is 119 Å². The van der Waals surface area contributed by atoms with Gasteiger partial charge in [-0.3, -0.25) is 4.79 Å². The van der Waals surface area contributed by atoms with E-state index >= 15 is 0 Å². The van der Waals surface area contributed by atoms with Gasteiger partial charge in [0.05, 0.1) is 12.4 Å². The molecule has 1 aromatic rings. The lowest BCUT2D eigenvalue weighted by atomic mass is 10.1. The maximum absolute atomic E-state index is 12.1. The van der Waals surface area contributed by atoms with Crippen molar-refractivity contribution in [3.05, 3.63) is 29.8 Å². The van der Waals surface area contributed by atoms with Crippen LogP contribution in [-0.2, 0) is 0 Å². The van der Waals surface area contributed by atoms with E-state index in [-0.39, 0.29) is 5.78 Å². The van der Waals surface area contributed by atoms with Gasteiger partial charge in [-0.25, -0.2) is 0 Å². The highest BCUT2D eigenvalue weighted by Crippen LogP contribution is 2.29. The third kappa shape index (κ3) is 4.57. The lowest BCUT2D eigenvalue weighted by molar-refractivity contribution is 0.102. The second kappa shape index (κ2) is 7.59. The molecule has 0 saturated heterocycles. The van der Waals surface area contributed by atoms with Crippen LogP contribution in [0.2, 0.25) is 0 Å². The number of rotatable bonds is 7. The number of Topliss-reactive ketones (excluding diaryl/α,β-unsaturated/α-hetero) is 1. The van der Waals surface area contributed by atoms with Crippen molar-refractivity contribution in [2.45, 2.75) is 44.3 Å². The minimum Gasteiger partial charge on any atom is -0.494 e. The Kier molecular flexibility index (Phi) is 5.77. The van der Waals surface area contributed by atoms with Gasteiger partial charge < -0.3 is 4.74 Å². The van der Waals surface area contributed by atoms with Crippen molar-refractivity contribution < 1.29 is 9.53 Å². The summed E-state index contributed by atoms with van der Waals surface area (Å²) in [4.78, 5) is 12.1. The Balaban J connectivity index is 1.81. The Bertz CT molecular complexity index is 394. The second-order valence-electron chi connectivity index (χ2n) is 5.01. The first kappa shape index (κ1) is 14.4. The maximum atomic E-state index is 12.1. The van der Waals surface area contributed by atoms with E-state index in [0.717, 1.165) is 24.3 Å². The molecule has 19 heavy (non-hydrogen) atoms. The summed E-state index contributed by atoms with van der Waals surface area (Å²) in [5.74, 6) is 1.70. The standard InChI is InChI=1S/C16H22O2S/c1-2-11-18-14-9-7-13(8-10-14)16(17)12-19-15-5-3-4-6-15/h7-10,15H,2-6,11-12H2,1H3. The molecule has 0 aromatic heterocycles. The van der Waals surface area contributed by atoms with Gasteiger partial charge in [0.25, 0.3) is 0 Å². The number of hydrogen-bond acceptors (Lipinski definition) is 3. The number of carbonyl (C=O) groups excluding carboxylic acids is 1. The minimum absolute atomic E-state index is 0.235. The van der Waals surface area contributed by atoms with E-state index in [1.807, 2.05) is 36.0 Å². The summed E-state index contributed by atoms with van der Waals surface area (Å²) in [6.07, 6.45) is 6.22. The molecule has 0 amide bonds. The molecule has 2 nitrogen and oxygen atoms in total. The molecule has 1 aromatic carbocycles. The summed E-state index contributed by atoms with van der Waals surface area (Å²) in [7, 11) is 0. The third-order valence-electron chi connectivity index (χ3n) is 3.40. The predicted molar refractivity (Wildman–Crippen MR) is 81.3 cm³/mol. The van der Waals surface area contributed by atoms with Crippen LogP contribution in [-0.4, -0.2) is 23.4 Å². The van der Waals surface area contributed by atoms with E-state index in [1.165, 1.54) is 25.7 Å². The minimum atomic E-state index is 0.235. The molecule has 1 aliphatic rings. The van der Waals surface area contributed by atoms with Gasteiger partial charge in [-0.05, 0) is 43.5 Å². The Morgan fingerprint density at radius 1 is 1.26 bits per heavy atom. The molecule has 1 aliphatic carbocycles. The normalized spacial score (nSPS) is 15.6. The summed E-state index contributed by atoms with van der Waals surface area (Å²) in [5, 5.41) is 0.705. The van der Waals surface area contributed by atoms with Gasteiger partial charge in [0.1, 0.15) is 5.75 Å². The molecule has 3 heteroatoms. The smallest absolute Gasteiger partial charge is 0.172 e. The molecule has 1 fully saturated rings. The number of ketones is 1. The van der Waals surface area contributed by atoms with Gasteiger partial charge in [0, 0.05) is 10.8 Å². The quantitative estimate of drug-likeness (QED) is 0.694. The fourth-order valence-electron chi connectivity index (χ4n) is 2.29. The Hall–Kier alpha value is -0.960. The maximum Gasteiger partial charge on any atom is 0.172 e. The van der Waals surface area contributed by atoms with E-state index in [4.69, 9.17) is 4.74 Å². The zero-order valence-electron chi connectivity index (χ0n) is 11.6. The molecule has 0 N–H and O–H groups in total. The molecule has 104 valence electrons. The highest BCUT2D eigenvalue weighted by Gasteiger charge is 2.17. The number of benzene rings is 1. The molecule has 0 radical (unpaired) electrons. The average Bonchev–Trinajstić information content (AvgIpc) is 2.96. The van der Waals surface area contributed by atoms with Gasteiger partial charge >= 0.3 is 0 Å². The molecule has 0 heterocycles. The number of carbonyl (C=O) groups is 1. The zero-order chi connectivity index (χ0) is 13.5. The summed E-state index contributed by atoms with van der Waals surface area (Å²) in [5.41, 5.74) is 0.800. The fraction of sp³-hybridized carbons (Fsp3) is 0.562. The molecule has 2 rings (SSSR count). The highest BCUT2D eigenvalue weighted by atomic mass is 32.2. The van der Waals surface area contributed by atoms with E-state index in [0.29, 0.717) is 11.0 Å². The first-order chi connectivity index (χ1) is 9.29. The van der Waals surface area contributed by atoms with Crippen LogP contribution in [0.25, 0.3) is 0 Å². The SMILES string of the molecule is CCCOc1ccc(C(=O)CSC2CCCC2)cc1. The fourth-order valence-corrected chi connectivity index (χ4v) is 3.51. The first-order valence-corrected chi connectivity index (χ1v) is 8.22. The van der Waals surface area contributed by atoms with Crippen molar-refractivity contribution in [3.8, 4) is 5.75 Å². The van der Waals surface area contributed by atoms with Gasteiger partial charge in [-0.2, -0.15) is 11.8 Å². The predicted octanol–water partition coefficient (Wildman–Crippen LogP) is 4.33. The summed E-state index contributed by atoms with van der Waals surface area (Å²) >= 11 is 1.82. The molecule has 0 unspecified atom stereocenters. The summed E-state index contributed by atoms with van der Waals surface area (Å²) in [6, 6.07) is 7.54. The van der Waals surface area contributed by atoms with Crippen LogP contribution in [0.3, 0.4) is 0 Å².